The van der Waals surface area contributed by atoms with Gasteiger partial charge in [0, 0.05) is 18.1 Å². The van der Waals surface area contributed by atoms with E-state index < -0.39 is 31.1 Å². The first-order valence-corrected chi connectivity index (χ1v) is 4.67. The van der Waals surface area contributed by atoms with Gasteiger partial charge in [-0.15, -0.1) is 0 Å². The van der Waals surface area contributed by atoms with Crippen molar-refractivity contribution < 1.29 is 26.3 Å². The van der Waals surface area contributed by atoms with Gasteiger partial charge in [0.2, 0.25) is 11.0 Å². The van der Waals surface area contributed by atoms with Crippen molar-refractivity contribution in [1.82, 2.24) is 9.36 Å². The molecule has 0 aliphatic rings. The van der Waals surface area contributed by atoms with Crippen molar-refractivity contribution in [2.45, 2.75) is 18.8 Å². The number of alkyl halides is 6. The van der Waals surface area contributed by atoms with Crippen LogP contribution in [-0.2, 0) is 6.18 Å². The van der Waals surface area contributed by atoms with Crippen molar-refractivity contribution in [1.29, 1.82) is 0 Å². The first kappa shape index (κ1) is 13.0. The predicted molar refractivity (Wildman–Crippen MR) is 44.1 cm³/mol. The monoisotopic (exact) mass is 265 g/mol. The van der Waals surface area contributed by atoms with E-state index in [0.29, 0.717) is 11.5 Å². The van der Waals surface area contributed by atoms with Crippen LogP contribution in [0.25, 0.3) is 0 Å². The lowest BCUT2D eigenvalue weighted by atomic mass is 10.4. The summed E-state index contributed by atoms with van der Waals surface area (Å²) in [5, 5.41) is 1.84. The molecule has 16 heavy (non-hydrogen) atoms. The Labute approximate surface area is 89.7 Å². The molecule has 92 valence electrons. The molecule has 1 heterocycles. The summed E-state index contributed by atoms with van der Waals surface area (Å²) in [4.78, 5) is 3.01. The Morgan fingerprint density at radius 3 is 2.19 bits per heavy atom. The number of hydrogen-bond acceptors (Lipinski definition) is 4. The molecule has 1 aromatic heterocycles. The van der Waals surface area contributed by atoms with Crippen molar-refractivity contribution in [2.75, 3.05) is 11.9 Å². The van der Waals surface area contributed by atoms with Gasteiger partial charge in [-0.05, 0) is 0 Å². The van der Waals surface area contributed by atoms with Crippen molar-refractivity contribution in [3.63, 3.8) is 0 Å². The van der Waals surface area contributed by atoms with Crippen molar-refractivity contribution >= 4 is 16.7 Å². The fraction of sp³-hybridized carbons (Fsp3) is 0.667. The fourth-order valence-corrected chi connectivity index (χ4v) is 1.33. The van der Waals surface area contributed by atoms with E-state index in [0.717, 1.165) is 0 Å². The Morgan fingerprint density at radius 1 is 1.12 bits per heavy atom. The molecule has 0 unspecified atom stereocenters. The van der Waals surface area contributed by atoms with Crippen LogP contribution in [0.15, 0.2) is 0 Å². The molecule has 0 amide bonds. The maximum atomic E-state index is 12.0. The zero-order chi connectivity index (χ0) is 12.4. The van der Waals surface area contributed by atoms with E-state index in [1.165, 1.54) is 0 Å². The largest absolute Gasteiger partial charge is 0.452 e. The summed E-state index contributed by atoms with van der Waals surface area (Å²) < 4.78 is 74.0. The number of nitrogens with zero attached hydrogens (tertiary/aromatic N) is 2. The van der Waals surface area contributed by atoms with E-state index in [4.69, 9.17) is 0 Å². The molecule has 0 aliphatic carbocycles. The molecule has 10 heteroatoms. The third kappa shape index (κ3) is 4.21. The molecule has 0 fully saturated rings. The second kappa shape index (κ2) is 4.44. The fourth-order valence-electron chi connectivity index (χ4n) is 0.722. The molecule has 1 rings (SSSR count). The highest BCUT2D eigenvalue weighted by molar-refractivity contribution is 7.09. The first-order valence-electron chi connectivity index (χ1n) is 3.90. The van der Waals surface area contributed by atoms with E-state index in [-0.39, 0.29) is 5.13 Å². The van der Waals surface area contributed by atoms with Crippen LogP contribution in [0.4, 0.5) is 31.5 Å². The molecule has 0 spiro atoms. The van der Waals surface area contributed by atoms with Gasteiger partial charge in [-0.3, -0.25) is 0 Å². The highest BCUT2D eigenvalue weighted by atomic mass is 32.1. The topological polar surface area (TPSA) is 37.8 Å². The molecule has 0 bridgehead atoms. The van der Waals surface area contributed by atoms with Crippen LogP contribution in [0, 0.1) is 0 Å². The standard InChI is InChI=1S/C6H5F6N3S/c7-5(8,9)1-2-13-4-14-3(15-16-4)6(10,11)12/h1-2H2,(H,13,14,15). The van der Waals surface area contributed by atoms with Crippen molar-refractivity contribution in [3.8, 4) is 0 Å². The summed E-state index contributed by atoms with van der Waals surface area (Å²) in [5.74, 6) is -1.35. The van der Waals surface area contributed by atoms with Crippen LogP contribution in [-0.4, -0.2) is 22.1 Å². The van der Waals surface area contributed by atoms with Crippen LogP contribution >= 0.6 is 11.5 Å². The van der Waals surface area contributed by atoms with Gasteiger partial charge in [-0.2, -0.15) is 35.7 Å². The van der Waals surface area contributed by atoms with Gasteiger partial charge in [0.25, 0.3) is 0 Å². The normalized spacial score (nSPS) is 12.9. The van der Waals surface area contributed by atoms with E-state index >= 15 is 0 Å². The third-order valence-corrected chi connectivity index (χ3v) is 2.04. The van der Waals surface area contributed by atoms with Gasteiger partial charge in [0.15, 0.2) is 0 Å². The van der Waals surface area contributed by atoms with Gasteiger partial charge in [-0.1, -0.05) is 0 Å². The predicted octanol–water partition coefficient (Wildman–Crippen LogP) is 2.92. The van der Waals surface area contributed by atoms with Gasteiger partial charge in [0.05, 0.1) is 6.42 Å². The van der Waals surface area contributed by atoms with Crippen LogP contribution in [0.1, 0.15) is 12.2 Å². The lowest BCUT2D eigenvalue weighted by Gasteiger charge is -2.05. The van der Waals surface area contributed by atoms with Crippen molar-refractivity contribution in [3.05, 3.63) is 5.82 Å². The van der Waals surface area contributed by atoms with Crippen LogP contribution in [0.2, 0.25) is 0 Å². The Balaban J connectivity index is 2.48. The summed E-state index contributed by atoms with van der Waals surface area (Å²) in [6.07, 6.45) is -10.2. The van der Waals surface area contributed by atoms with Crippen molar-refractivity contribution in [2.24, 2.45) is 0 Å². The Hall–Kier alpha value is -1.06. The van der Waals surface area contributed by atoms with Gasteiger partial charge >= 0.3 is 12.4 Å². The summed E-state index contributed by atoms with van der Waals surface area (Å²) in [5.41, 5.74) is 0. The molecule has 0 radical (unpaired) electrons. The maximum Gasteiger partial charge on any atom is 0.452 e. The maximum absolute atomic E-state index is 12.0. The molecular weight excluding hydrogens is 260 g/mol. The molecular formula is C6H5F6N3S. The van der Waals surface area contributed by atoms with E-state index in [1.54, 1.807) is 0 Å². The summed E-state index contributed by atoms with van der Waals surface area (Å²) >= 11 is 0.367. The molecule has 1 N–H and O–H groups in total. The molecule has 0 aliphatic heterocycles. The number of aromatic nitrogens is 2. The lowest BCUT2D eigenvalue weighted by molar-refractivity contribution is -0.144. The van der Waals surface area contributed by atoms with Gasteiger partial charge < -0.3 is 5.32 Å². The summed E-state index contributed by atoms with van der Waals surface area (Å²) in [7, 11) is 0. The van der Waals surface area contributed by atoms with Crippen LogP contribution in [0.3, 0.4) is 0 Å². The highest BCUT2D eigenvalue weighted by Crippen LogP contribution is 2.29. The van der Waals surface area contributed by atoms with E-state index in [9.17, 15) is 26.3 Å². The summed E-state index contributed by atoms with van der Waals surface area (Å²) in [6.45, 7) is -0.532. The minimum Gasteiger partial charge on any atom is -0.360 e. The van der Waals surface area contributed by atoms with E-state index in [2.05, 4.69) is 14.7 Å². The molecule has 0 atom stereocenters. The zero-order valence-corrected chi connectivity index (χ0v) is 8.30. The van der Waals surface area contributed by atoms with Crippen LogP contribution in [0.5, 0.6) is 0 Å². The SMILES string of the molecule is FC(F)(F)CCNc1nc(C(F)(F)F)ns1. The first-order chi connectivity index (χ1) is 7.18. The number of nitrogens with one attached hydrogen (secondary N) is 1. The highest BCUT2D eigenvalue weighted by Gasteiger charge is 2.36. The lowest BCUT2D eigenvalue weighted by Crippen LogP contribution is -2.14. The average molecular weight is 265 g/mol. The third-order valence-electron chi connectivity index (χ3n) is 1.36. The zero-order valence-electron chi connectivity index (χ0n) is 7.48. The molecule has 0 saturated carbocycles. The average Bonchev–Trinajstić information content (AvgIpc) is 2.49. The Kier molecular flexibility index (Phi) is 3.61. The Bertz CT molecular complexity index is 343. The van der Waals surface area contributed by atoms with Crippen LogP contribution < -0.4 is 5.32 Å². The smallest absolute Gasteiger partial charge is 0.360 e. The summed E-state index contributed by atoms with van der Waals surface area (Å²) in [6, 6.07) is 0. The molecule has 0 saturated heterocycles. The molecule has 1 aromatic rings. The van der Waals surface area contributed by atoms with E-state index in [1.807, 2.05) is 0 Å². The number of halogens is 6. The minimum absolute atomic E-state index is 0.281. The minimum atomic E-state index is -4.68. The second-order valence-electron chi connectivity index (χ2n) is 2.71. The molecule has 3 nitrogen and oxygen atoms in total. The Morgan fingerprint density at radius 2 is 1.75 bits per heavy atom. The van der Waals surface area contributed by atoms with Gasteiger partial charge in [-0.25, -0.2) is 0 Å². The van der Waals surface area contributed by atoms with Gasteiger partial charge in [0.1, 0.15) is 0 Å². The number of hydrogen-bond donors (Lipinski definition) is 1. The number of anilines is 1. The quantitative estimate of drug-likeness (QED) is 0.854. The second-order valence-corrected chi connectivity index (χ2v) is 3.46. The number of rotatable bonds is 3. The molecule has 0 aromatic carbocycles.